The summed E-state index contributed by atoms with van der Waals surface area (Å²) in [5.41, 5.74) is 0.758. The predicted molar refractivity (Wildman–Crippen MR) is 69.3 cm³/mol. The Hall–Kier alpha value is -1.06. The molecule has 0 unspecified atom stereocenters. The largest absolute Gasteiger partial charge is 0.416 e. The Balaban J connectivity index is 0.00000264. The van der Waals surface area contributed by atoms with Crippen molar-refractivity contribution in [2.45, 2.75) is 37.3 Å². The van der Waals surface area contributed by atoms with Gasteiger partial charge >= 0.3 is 12.4 Å². The second-order valence-electron chi connectivity index (χ2n) is 5.27. The lowest BCUT2D eigenvalue weighted by molar-refractivity contribution is -0.144. The van der Waals surface area contributed by atoms with Crippen LogP contribution in [0.3, 0.4) is 0 Å². The molecule has 0 heterocycles. The van der Waals surface area contributed by atoms with E-state index in [1.807, 2.05) is 0 Å². The molecule has 1 aliphatic rings. The Kier molecular flexibility index (Phi) is 5.60. The van der Waals surface area contributed by atoms with Crippen LogP contribution in [0.2, 0.25) is 0 Å². The first-order chi connectivity index (χ1) is 9.93. The fourth-order valence-electron chi connectivity index (χ4n) is 2.26. The van der Waals surface area contributed by atoms with Crippen molar-refractivity contribution in [1.82, 2.24) is 0 Å². The van der Waals surface area contributed by atoms with Crippen LogP contribution < -0.4 is 5.73 Å². The van der Waals surface area contributed by atoms with E-state index in [4.69, 9.17) is 5.73 Å². The molecule has 1 aliphatic carbocycles. The third kappa shape index (κ3) is 4.27. The first-order valence-electron chi connectivity index (χ1n) is 6.34. The lowest BCUT2D eigenvalue weighted by atomic mass is 9.92. The topological polar surface area (TPSA) is 46.2 Å². The molecule has 2 atom stereocenters. The summed E-state index contributed by atoms with van der Waals surface area (Å²) in [7, 11) is 0. The van der Waals surface area contributed by atoms with Gasteiger partial charge in [-0.05, 0) is 30.9 Å². The number of aliphatic hydroxyl groups is 1. The first kappa shape index (κ1) is 20.0. The molecule has 1 fully saturated rings. The summed E-state index contributed by atoms with van der Waals surface area (Å²) in [6, 6.07) is -1.96. The van der Waals surface area contributed by atoms with Gasteiger partial charge in [-0.3, -0.25) is 0 Å². The van der Waals surface area contributed by atoms with Gasteiger partial charge in [-0.2, -0.15) is 26.3 Å². The summed E-state index contributed by atoms with van der Waals surface area (Å²) in [6.07, 6.45) is -10.7. The molecule has 2 rings (SSSR count). The summed E-state index contributed by atoms with van der Waals surface area (Å²) < 4.78 is 90.4. The van der Waals surface area contributed by atoms with Crippen LogP contribution in [0.15, 0.2) is 12.1 Å². The van der Waals surface area contributed by atoms with Crippen molar-refractivity contribution < 1.29 is 35.8 Å². The maximum Gasteiger partial charge on any atom is 0.416 e. The smallest absolute Gasteiger partial charge is 0.391 e. The number of rotatable bonds is 3. The monoisotopic (exact) mass is 367 g/mol. The lowest BCUT2D eigenvalue weighted by Gasteiger charge is -2.24. The van der Waals surface area contributed by atoms with Gasteiger partial charge in [0.2, 0.25) is 0 Å². The van der Waals surface area contributed by atoms with E-state index in [0.717, 1.165) is 0 Å². The van der Waals surface area contributed by atoms with Crippen LogP contribution in [-0.2, 0) is 12.4 Å². The third-order valence-corrected chi connectivity index (χ3v) is 3.57. The number of nitrogens with two attached hydrogens (primary N) is 1. The number of hydrogen-bond donors (Lipinski definition) is 2. The molecule has 1 aromatic rings. The first-order valence-corrected chi connectivity index (χ1v) is 6.34. The SMILES string of the molecule is Cl.N[C@@H](c1c(F)cc(C(F)(F)F)cc1C(F)(F)F)[C@H](O)C1CC1. The maximum atomic E-state index is 13.9. The van der Waals surface area contributed by atoms with Crippen LogP contribution in [0.4, 0.5) is 30.7 Å². The molecule has 0 aromatic heterocycles. The van der Waals surface area contributed by atoms with E-state index in [2.05, 4.69) is 0 Å². The second-order valence-corrected chi connectivity index (χ2v) is 5.27. The zero-order valence-electron chi connectivity index (χ0n) is 11.4. The zero-order chi connectivity index (χ0) is 16.9. The van der Waals surface area contributed by atoms with Gasteiger partial charge in [0, 0.05) is 5.56 Å². The average Bonchev–Trinajstić information content (AvgIpc) is 3.18. The molecule has 0 saturated heterocycles. The van der Waals surface area contributed by atoms with E-state index >= 15 is 0 Å². The Morgan fingerprint density at radius 1 is 1.04 bits per heavy atom. The lowest BCUT2D eigenvalue weighted by Crippen LogP contribution is -2.31. The van der Waals surface area contributed by atoms with Crippen molar-refractivity contribution in [1.29, 1.82) is 0 Å². The molecule has 0 bridgehead atoms. The van der Waals surface area contributed by atoms with E-state index in [-0.39, 0.29) is 30.5 Å². The molecule has 0 radical (unpaired) electrons. The number of halogens is 8. The minimum atomic E-state index is -5.22. The van der Waals surface area contributed by atoms with Gasteiger partial charge in [-0.15, -0.1) is 12.4 Å². The van der Waals surface area contributed by atoms with Gasteiger partial charge in [0.25, 0.3) is 0 Å². The molecule has 132 valence electrons. The molecule has 1 saturated carbocycles. The highest BCUT2D eigenvalue weighted by molar-refractivity contribution is 5.85. The predicted octanol–water partition coefficient (Wildman–Crippen LogP) is 4.06. The average molecular weight is 368 g/mol. The highest BCUT2D eigenvalue weighted by Crippen LogP contribution is 2.43. The summed E-state index contributed by atoms with van der Waals surface area (Å²) in [4.78, 5) is 0. The van der Waals surface area contributed by atoms with Gasteiger partial charge in [-0.1, -0.05) is 0 Å². The molecular formula is C13H13ClF7NO. The minimum Gasteiger partial charge on any atom is -0.391 e. The number of alkyl halides is 6. The Morgan fingerprint density at radius 2 is 1.57 bits per heavy atom. The van der Waals surface area contributed by atoms with E-state index < -0.39 is 47.0 Å². The van der Waals surface area contributed by atoms with E-state index in [9.17, 15) is 35.8 Å². The van der Waals surface area contributed by atoms with Crippen LogP contribution in [0.1, 0.15) is 35.6 Å². The fourth-order valence-corrected chi connectivity index (χ4v) is 2.26. The van der Waals surface area contributed by atoms with Gasteiger partial charge in [0.1, 0.15) is 5.82 Å². The quantitative estimate of drug-likeness (QED) is 0.792. The zero-order valence-corrected chi connectivity index (χ0v) is 12.2. The van der Waals surface area contributed by atoms with Crippen molar-refractivity contribution in [3.63, 3.8) is 0 Å². The highest BCUT2D eigenvalue weighted by Gasteiger charge is 2.43. The molecule has 0 amide bonds. The molecule has 23 heavy (non-hydrogen) atoms. The van der Waals surface area contributed by atoms with Gasteiger partial charge < -0.3 is 10.8 Å². The summed E-state index contributed by atoms with van der Waals surface area (Å²) in [5, 5.41) is 9.77. The molecule has 3 N–H and O–H groups in total. The highest BCUT2D eigenvalue weighted by atomic mass is 35.5. The molecule has 2 nitrogen and oxygen atoms in total. The molecule has 0 spiro atoms. The molecule has 1 aromatic carbocycles. The van der Waals surface area contributed by atoms with Crippen molar-refractivity contribution in [2.24, 2.45) is 11.7 Å². The van der Waals surface area contributed by atoms with Crippen LogP contribution in [0.25, 0.3) is 0 Å². The number of hydrogen-bond acceptors (Lipinski definition) is 2. The molecule has 10 heteroatoms. The van der Waals surface area contributed by atoms with Crippen LogP contribution >= 0.6 is 12.4 Å². The van der Waals surface area contributed by atoms with E-state index in [0.29, 0.717) is 12.8 Å². The second kappa shape index (κ2) is 6.45. The Morgan fingerprint density at radius 3 is 1.96 bits per heavy atom. The van der Waals surface area contributed by atoms with Crippen LogP contribution in [-0.4, -0.2) is 11.2 Å². The maximum absolute atomic E-state index is 13.9. The normalized spacial score (nSPS) is 18.3. The fraction of sp³-hybridized carbons (Fsp3) is 0.538. The Labute approximate surface area is 132 Å². The van der Waals surface area contributed by atoms with Gasteiger partial charge in [-0.25, -0.2) is 4.39 Å². The minimum absolute atomic E-state index is 0. The number of aliphatic hydroxyl groups excluding tert-OH is 1. The van der Waals surface area contributed by atoms with Crippen LogP contribution in [0.5, 0.6) is 0 Å². The summed E-state index contributed by atoms with van der Waals surface area (Å²) in [5.74, 6) is -2.09. The van der Waals surface area contributed by atoms with Crippen molar-refractivity contribution in [3.05, 3.63) is 34.6 Å². The van der Waals surface area contributed by atoms with Gasteiger partial charge in [0.05, 0.1) is 23.3 Å². The van der Waals surface area contributed by atoms with Gasteiger partial charge in [0.15, 0.2) is 0 Å². The summed E-state index contributed by atoms with van der Waals surface area (Å²) >= 11 is 0. The Bertz CT molecular complexity index is 569. The van der Waals surface area contributed by atoms with E-state index in [1.165, 1.54) is 0 Å². The van der Waals surface area contributed by atoms with Crippen molar-refractivity contribution in [2.75, 3.05) is 0 Å². The standard InChI is InChI=1S/C13H12F7NO.ClH/c14-8-4-6(12(15,16)17)3-7(13(18,19)20)9(8)10(21)11(22)5-1-2-5;/h3-5,10-11,22H,1-2,21H2;1H/t10-,11+;/m0./s1. The number of benzene rings is 1. The van der Waals surface area contributed by atoms with Crippen molar-refractivity contribution in [3.8, 4) is 0 Å². The molecule has 0 aliphatic heterocycles. The van der Waals surface area contributed by atoms with E-state index in [1.54, 1.807) is 0 Å². The van der Waals surface area contributed by atoms with Crippen molar-refractivity contribution >= 4 is 12.4 Å². The summed E-state index contributed by atoms with van der Waals surface area (Å²) in [6.45, 7) is 0. The third-order valence-electron chi connectivity index (χ3n) is 3.57. The molecular weight excluding hydrogens is 355 g/mol. The van der Waals surface area contributed by atoms with Crippen LogP contribution in [0, 0.1) is 11.7 Å².